The molecule has 3 aromatic rings. The molecule has 2 aromatic heterocycles. The van der Waals surface area contributed by atoms with Crippen molar-refractivity contribution in [3.8, 4) is 0 Å². The zero-order valence-corrected chi connectivity index (χ0v) is 11.9. The van der Waals surface area contributed by atoms with E-state index in [1.807, 2.05) is 0 Å². The number of hydrogen-bond donors (Lipinski definition) is 2. The summed E-state index contributed by atoms with van der Waals surface area (Å²) in [5.74, 6) is -1.97. The maximum absolute atomic E-state index is 13.6. The highest BCUT2D eigenvalue weighted by molar-refractivity contribution is 6.43. The van der Waals surface area contributed by atoms with Gasteiger partial charge in [-0.15, -0.1) is 10.2 Å². The highest BCUT2D eigenvalue weighted by Gasteiger charge is 2.21. The molecule has 0 saturated heterocycles. The van der Waals surface area contributed by atoms with Crippen LogP contribution in [0.4, 0.5) is 4.39 Å². The minimum Gasteiger partial charge on any atom is -0.364 e. The minimum atomic E-state index is -0.796. The second-order valence-corrected chi connectivity index (χ2v) is 4.97. The second kappa shape index (κ2) is 6.30. The van der Waals surface area contributed by atoms with Crippen molar-refractivity contribution in [1.29, 1.82) is 0 Å². The van der Waals surface area contributed by atoms with Crippen LogP contribution in [0.1, 0.15) is 27.4 Å². The third kappa shape index (κ3) is 3.37. The number of ketones is 2. The molecule has 0 bridgehead atoms. The van der Waals surface area contributed by atoms with Gasteiger partial charge in [0.15, 0.2) is 0 Å². The van der Waals surface area contributed by atoms with E-state index in [-0.39, 0.29) is 18.1 Å². The number of carbonyl (C=O) groups excluding carboxylic acids is 2. The fourth-order valence-corrected chi connectivity index (χ4v) is 2.19. The van der Waals surface area contributed by atoms with E-state index < -0.39 is 11.6 Å². The molecule has 0 fully saturated rings. The van der Waals surface area contributed by atoms with E-state index in [0.29, 0.717) is 17.5 Å². The Morgan fingerprint density at radius 3 is 2.78 bits per heavy atom. The Labute approximate surface area is 129 Å². The van der Waals surface area contributed by atoms with Crippen molar-refractivity contribution >= 4 is 11.6 Å². The average molecular weight is 313 g/mol. The number of rotatable bonds is 6. The van der Waals surface area contributed by atoms with Crippen molar-refractivity contribution in [1.82, 2.24) is 25.6 Å². The number of aromatic amines is 2. The molecule has 0 radical (unpaired) electrons. The van der Waals surface area contributed by atoms with Crippen molar-refractivity contribution in [2.24, 2.45) is 0 Å². The molecular formula is C15H12FN5O2. The van der Waals surface area contributed by atoms with Gasteiger partial charge >= 0.3 is 0 Å². The first kappa shape index (κ1) is 14.8. The molecule has 2 heterocycles. The number of halogens is 1. The Kier molecular flexibility index (Phi) is 4.05. The van der Waals surface area contributed by atoms with Crippen LogP contribution in [0.3, 0.4) is 0 Å². The monoisotopic (exact) mass is 313 g/mol. The summed E-state index contributed by atoms with van der Waals surface area (Å²) in [5.41, 5.74) is 1.94. The predicted molar refractivity (Wildman–Crippen MR) is 77.2 cm³/mol. The molecule has 0 saturated carbocycles. The molecule has 0 aliphatic carbocycles. The number of carbonyl (C=O) groups is 2. The van der Waals surface area contributed by atoms with Crippen molar-refractivity contribution in [3.63, 3.8) is 0 Å². The van der Waals surface area contributed by atoms with Gasteiger partial charge in [0.25, 0.3) is 5.78 Å². The van der Waals surface area contributed by atoms with Gasteiger partial charge in [0, 0.05) is 24.7 Å². The molecule has 7 nitrogen and oxygen atoms in total. The molecule has 23 heavy (non-hydrogen) atoms. The van der Waals surface area contributed by atoms with Crippen molar-refractivity contribution in [2.75, 3.05) is 0 Å². The van der Waals surface area contributed by atoms with Gasteiger partial charge < -0.3 is 4.98 Å². The lowest BCUT2D eigenvalue weighted by molar-refractivity contribution is -0.114. The van der Waals surface area contributed by atoms with Crippen molar-refractivity contribution in [2.45, 2.75) is 12.8 Å². The van der Waals surface area contributed by atoms with Crippen LogP contribution in [-0.4, -0.2) is 37.2 Å². The Balaban J connectivity index is 1.67. The summed E-state index contributed by atoms with van der Waals surface area (Å²) < 4.78 is 13.6. The Morgan fingerprint density at radius 2 is 2.04 bits per heavy atom. The lowest BCUT2D eigenvalue weighted by atomic mass is 10.1. The van der Waals surface area contributed by atoms with E-state index in [9.17, 15) is 14.0 Å². The topological polar surface area (TPSA) is 104 Å². The van der Waals surface area contributed by atoms with E-state index in [1.165, 1.54) is 6.07 Å². The van der Waals surface area contributed by atoms with Crippen LogP contribution in [0.2, 0.25) is 0 Å². The lowest BCUT2D eigenvalue weighted by Gasteiger charge is -2.00. The Hall–Kier alpha value is -3.16. The molecular weight excluding hydrogens is 301 g/mol. The number of Topliss-reactive ketones (excluding diaryl/α,β-unsaturated/α-hetero) is 2. The Morgan fingerprint density at radius 1 is 1.22 bits per heavy atom. The second-order valence-electron chi connectivity index (χ2n) is 4.97. The minimum absolute atomic E-state index is 0.0822. The summed E-state index contributed by atoms with van der Waals surface area (Å²) in [6.45, 7) is 0. The SMILES string of the molecule is O=C(Cc1c[nH]c(Cc2ccccc2F)c1)C(=O)c1nn[nH]n1. The first-order valence-electron chi connectivity index (χ1n) is 6.84. The van der Waals surface area contributed by atoms with Crippen molar-refractivity contribution in [3.05, 3.63) is 65.0 Å². The van der Waals surface area contributed by atoms with Crippen LogP contribution in [0.25, 0.3) is 0 Å². The summed E-state index contributed by atoms with van der Waals surface area (Å²) >= 11 is 0. The fraction of sp³-hybridized carbons (Fsp3) is 0.133. The number of H-pyrrole nitrogens is 2. The highest BCUT2D eigenvalue weighted by Crippen LogP contribution is 2.14. The first-order chi connectivity index (χ1) is 11.1. The van der Waals surface area contributed by atoms with Crippen LogP contribution >= 0.6 is 0 Å². The number of nitrogens with one attached hydrogen (secondary N) is 2. The van der Waals surface area contributed by atoms with Crippen LogP contribution in [-0.2, 0) is 17.6 Å². The van der Waals surface area contributed by atoms with Gasteiger partial charge in [-0.05, 0) is 28.5 Å². The van der Waals surface area contributed by atoms with E-state index in [2.05, 4.69) is 25.6 Å². The van der Waals surface area contributed by atoms with E-state index in [0.717, 1.165) is 5.69 Å². The molecule has 0 amide bonds. The first-order valence-corrected chi connectivity index (χ1v) is 6.84. The number of aromatic nitrogens is 5. The number of nitrogens with zero attached hydrogens (tertiary/aromatic N) is 3. The summed E-state index contributed by atoms with van der Waals surface area (Å²) in [4.78, 5) is 26.6. The summed E-state index contributed by atoms with van der Waals surface area (Å²) in [6.07, 6.45) is 1.92. The molecule has 0 unspecified atom stereocenters. The van der Waals surface area contributed by atoms with Crippen LogP contribution in [0, 0.1) is 5.82 Å². The molecule has 2 N–H and O–H groups in total. The molecule has 3 rings (SSSR count). The van der Waals surface area contributed by atoms with Gasteiger partial charge in [-0.2, -0.15) is 5.21 Å². The lowest BCUT2D eigenvalue weighted by Crippen LogP contribution is -2.18. The largest absolute Gasteiger partial charge is 0.364 e. The van der Waals surface area contributed by atoms with Crippen LogP contribution < -0.4 is 0 Å². The zero-order valence-electron chi connectivity index (χ0n) is 11.9. The number of hydrogen-bond acceptors (Lipinski definition) is 5. The smallest absolute Gasteiger partial charge is 0.269 e. The Bertz CT molecular complexity index is 841. The average Bonchev–Trinajstić information content (AvgIpc) is 3.21. The zero-order chi connectivity index (χ0) is 16.2. The van der Waals surface area contributed by atoms with E-state index >= 15 is 0 Å². The number of tetrazole rings is 1. The summed E-state index contributed by atoms with van der Waals surface area (Å²) in [7, 11) is 0. The van der Waals surface area contributed by atoms with Gasteiger partial charge in [-0.1, -0.05) is 18.2 Å². The number of benzene rings is 1. The van der Waals surface area contributed by atoms with Gasteiger partial charge in [0.2, 0.25) is 11.6 Å². The molecule has 0 spiro atoms. The van der Waals surface area contributed by atoms with Gasteiger partial charge in [-0.25, -0.2) is 4.39 Å². The van der Waals surface area contributed by atoms with Gasteiger partial charge in [-0.3, -0.25) is 9.59 Å². The van der Waals surface area contributed by atoms with Crippen LogP contribution in [0.5, 0.6) is 0 Å². The summed E-state index contributed by atoms with van der Waals surface area (Å²) in [6, 6.07) is 8.21. The molecule has 8 heteroatoms. The molecule has 0 aliphatic rings. The van der Waals surface area contributed by atoms with Gasteiger partial charge in [0.05, 0.1) is 0 Å². The summed E-state index contributed by atoms with van der Waals surface area (Å²) in [5, 5.41) is 12.3. The fourth-order valence-electron chi connectivity index (χ4n) is 2.19. The maximum atomic E-state index is 13.6. The normalized spacial score (nSPS) is 10.7. The quantitative estimate of drug-likeness (QED) is 0.526. The highest BCUT2D eigenvalue weighted by atomic mass is 19.1. The van der Waals surface area contributed by atoms with E-state index in [1.54, 1.807) is 30.5 Å². The maximum Gasteiger partial charge on any atom is 0.269 e. The predicted octanol–water partition coefficient (Wildman–Crippen LogP) is 1.25. The molecule has 116 valence electrons. The van der Waals surface area contributed by atoms with Gasteiger partial charge in [0.1, 0.15) is 5.82 Å². The molecule has 0 aliphatic heterocycles. The van der Waals surface area contributed by atoms with Crippen molar-refractivity contribution < 1.29 is 14.0 Å². The van der Waals surface area contributed by atoms with Crippen LogP contribution in [0.15, 0.2) is 36.5 Å². The standard InChI is InChI=1S/C15H12FN5O2/c16-12-4-2-1-3-10(12)7-11-5-9(8-17-11)6-13(22)14(23)15-18-20-21-19-15/h1-5,8,17H,6-7H2,(H,18,19,20,21). The molecule has 0 atom stereocenters. The third-order valence-electron chi connectivity index (χ3n) is 3.31. The van der Waals surface area contributed by atoms with E-state index in [4.69, 9.17) is 0 Å². The third-order valence-corrected chi connectivity index (χ3v) is 3.31. The molecule has 1 aromatic carbocycles.